The Hall–Kier alpha value is -2.15. The average molecular weight is 253 g/mol. The third-order valence-corrected chi connectivity index (χ3v) is 2.75. The third-order valence-electron chi connectivity index (χ3n) is 2.75. The Morgan fingerprint density at radius 2 is 1.94 bits per heavy atom. The molecule has 0 unspecified atom stereocenters. The average Bonchev–Trinajstić information content (AvgIpc) is 2.39. The fourth-order valence-electron chi connectivity index (χ4n) is 1.83. The predicted octanol–water partition coefficient (Wildman–Crippen LogP) is 1.02. The highest BCUT2D eigenvalue weighted by molar-refractivity contribution is 5.90. The summed E-state index contributed by atoms with van der Waals surface area (Å²) in [5.41, 5.74) is 0.448. The van der Waals surface area contributed by atoms with Crippen molar-refractivity contribution in [1.82, 2.24) is 0 Å². The van der Waals surface area contributed by atoms with Crippen LogP contribution in [0.3, 0.4) is 0 Å². The lowest BCUT2D eigenvalue weighted by molar-refractivity contribution is -0.729. The lowest BCUT2D eigenvalue weighted by Crippen LogP contribution is -2.36. The molecule has 7 heteroatoms. The first kappa shape index (κ1) is 12.3. The summed E-state index contributed by atoms with van der Waals surface area (Å²) in [5.74, 6) is -1.15. The third kappa shape index (κ3) is 2.57. The lowest BCUT2D eigenvalue weighted by atomic mass is 10.1. The molecule has 1 aromatic rings. The maximum atomic E-state index is 11.0. The van der Waals surface area contributed by atoms with Crippen molar-refractivity contribution >= 4 is 17.3 Å². The van der Waals surface area contributed by atoms with Gasteiger partial charge in [-0.1, -0.05) is 0 Å². The van der Waals surface area contributed by atoms with E-state index in [0.717, 1.165) is 6.07 Å². The number of carboxylic acids is 1. The van der Waals surface area contributed by atoms with E-state index in [-0.39, 0.29) is 16.2 Å². The lowest BCUT2D eigenvalue weighted by Gasteiger charge is -2.28. The van der Waals surface area contributed by atoms with Crippen molar-refractivity contribution < 1.29 is 24.8 Å². The summed E-state index contributed by atoms with van der Waals surface area (Å²) in [7, 11) is 0. The van der Waals surface area contributed by atoms with Gasteiger partial charge in [-0.3, -0.25) is 0 Å². The molecule has 1 saturated heterocycles. The standard InChI is InChI=1S/C11H12N2O5/c14-11(15)8-5-9(7-10(6-8)13(16)17)12-1-3-18-4-2-12/h5-7H,1-4H2,(H-,14,15,16,17)/p+1. The van der Waals surface area contributed by atoms with E-state index in [2.05, 4.69) is 0 Å². The van der Waals surface area contributed by atoms with Crippen LogP contribution in [0.5, 0.6) is 0 Å². The van der Waals surface area contributed by atoms with Crippen molar-refractivity contribution in [2.45, 2.75) is 0 Å². The second kappa shape index (κ2) is 5.01. The van der Waals surface area contributed by atoms with E-state index in [4.69, 9.17) is 15.1 Å². The number of benzene rings is 1. The molecule has 7 nitrogen and oxygen atoms in total. The molecule has 0 saturated carbocycles. The molecular weight excluding hydrogens is 240 g/mol. The Morgan fingerprint density at radius 3 is 2.50 bits per heavy atom. The molecular formula is C11H13N2O5+. The van der Waals surface area contributed by atoms with Crippen molar-refractivity contribution in [3.8, 4) is 0 Å². The van der Waals surface area contributed by atoms with Gasteiger partial charge in [0.25, 0.3) is 4.92 Å². The minimum absolute atomic E-state index is 0.0381. The van der Waals surface area contributed by atoms with Gasteiger partial charge in [-0.2, -0.15) is 0 Å². The van der Waals surface area contributed by atoms with Gasteiger partial charge in [-0.05, 0) is 6.07 Å². The predicted molar refractivity (Wildman–Crippen MR) is 61.5 cm³/mol. The van der Waals surface area contributed by atoms with Crippen molar-refractivity contribution in [3.05, 3.63) is 28.7 Å². The Bertz CT molecular complexity index is 450. The summed E-state index contributed by atoms with van der Waals surface area (Å²) >= 11 is 0. The van der Waals surface area contributed by atoms with Gasteiger partial charge in [0, 0.05) is 30.9 Å². The number of hydrogen-bond acceptors (Lipinski definition) is 4. The SMILES string of the molecule is O=C(O)c1cc(N2CCOCC2)cc([N+](=O)O)c1. The van der Waals surface area contributed by atoms with E-state index in [0.29, 0.717) is 32.0 Å². The van der Waals surface area contributed by atoms with Crippen LogP contribution in [-0.4, -0.2) is 47.5 Å². The van der Waals surface area contributed by atoms with Crippen LogP contribution in [0, 0.1) is 4.91 Å². The Balaban J connectivity index is 2.38. The summed E-state index contributed by atoms with van der Waals surface area (Å²) in [6, 6.07) is 4.05. The fourth-order valence-corrected chi connectivity index (χ4v) is 1.83. The molecule has 1 aliphatic heterocycles. The summed E-state index contributed by atoms with van der Waals surface area (Å²) in [6.45, 7) is 2.33. The molecule has 2 rings (SSSR count). The smallest absolute Gasteiger partial charge is 0.336 e. The van der Waals surface area contributed by atoms with Gasteiger partial charge >= 0.3 is 11.7 Å². The largest absolute Gasteiger partial charge is 0.478 e. The minimum Gasteiger partial charge on any atom is -0.478 e. The number of anilines is 1. The normalized spacial score (nSPS) is 15.4. The van der Waals surface area contributed by atoms with Crippen LogP contribution in [0.25, 0.3) is 0 Å². The topological polar surface area (TPSA) is 90.1 Å². The first-order valence-electron chi connectivity index (χ1n) is 5.45. The van der Waals surface area contributed by atoms with Crippen molar-refractivity contribution in [2.75, 3.05) is 31.2 Å². The van der Waals surface area contributed by atoms with Gasteiger partial charge in [0.2, 0.25) is 0 Å². The zero-order chi connectivity index (χ0) is 13.1. The molecule has 2 N–H and O–H groups in total. The van der Waals surface area contributed by atoms with Gasteiger partial charge in [-0.25, -0.2) is 10.0 Å². The zero-order valence-corrected chi connectivity index (χ0v) is 9.57. The van der Waals surface area contributed by atoms with Crippen molar-refractivity contribution in [2.24, 2.45) is 0 Å². The molecule has 0 spiro atoms. The van der Waals surface area contributed by atoms with Crippen LogP contribution in [0.1, 0.15) is 10.4 Å². The number of aromatic carboxylic acids is 1. The molecule has 0 aromatic heterocycles. The van der Waals surface area contributed by atoms with Crippen LogP contribution in [-0.2, 0) is 4.74 Å². The molecule has 0 atom stereocenters. The van der Waals surface area contributed by atoms with Crippen molar-refractivity contribution in [1.29, 1.82) is 0 Å². The molecule has 1 heterocycles. The number of nitrogens with zero attached hydrogens (tertiary/aromatic N) is 2. The first-order valence-corrected chi connectivity index (χ1v) is 5.45. The highest BCUT2D eigenvalue weighted by atomic mass is 16.6. The van der Waals surface area contributed by atoms with E-state index in [9.17, 15) is 9.70 Å². The molecule has 0 bridgehead atoms. The minimum atomic E-state index is -1.15. The highest BCUT2D eigenvalue weighted by Gasteiger charge is 2.21. The summed E-state index contributed by atoms with van der Waals surface area (Å²) in [6.07, 6.45) is 0. The van der Waals surface area contributed by atoms with E-state index < -0.39 is 5.97 Å². The van der Waals surface area contributed by atoms with Gasteiger partial charge < -0.3 is 14.7 Å². The van der Waals surface area contributed by atoms with Gasteiger partial charge in [0.15, 0.2) is 0 Å². The van der Waals surface area contributed by atoms with Gasteiger partial charge in [0.1, 0.15) is 0 Å². The number of rotatable bonds is 3. The van der Waals surface area contributed by atoms with E-state index >= 15 is 0 Å². The van der Waals surface area contributed by atoms with Gasteiger partial charge in [0.05, 0.1) is 23.7 Å². The molecule has 1 fully saturated rings. The Morgan fingerprint density at radius 1 is 1.28 bits per heavy atom. The molecule has 18 heavy (non-hydrogen) atoms. The monoisotopic (exact) mass is 253 g/mol. The number of hydrogen-bond donors (Lipinski definition) is 2. The molecule has 1 aromatic carbocycles. The molecule has 96 valence electrons. The molecule has 0 aliphatic carbocycles. The van der Waals surface area contributed by atoms with Crippen LogP contribution in [0.15, 0.2) is 18.2 Å². The second-order valence-corrected chi connectivity index (χ2v) is 3.92. The van der Waals surface area contributed by atoms with Gasteiger partial charge in [-0.15, -0.1) is 0 Å². The quantitative estimate of drug-likeness (QED) is 0.782. The number of morpholine rings is 1. The number of carboxylic acid groups (broad SMARTS) is 1. The first-order chi connectivity index (χ1) is 8.58. The van der Waals surface area contributed by atoms with E-state index in [1.165, 1.54) is 12.1 Å². The summed E-state index contributed by atoms with van der Waals surface area (Å²) < 4.78 is 5.20. The van der Waals surface area contributed by atoms with Crippen LogP contribution >= 0.6 is 0 Å². The second-order valence-electron chi connectivity index (χ2n) is 3.92. The zero-order valence-electron chi connectivity index (χ0n) is 9.57. The molecule has 0 amide bonds. The number of carbonyl (C=O) groups is 1. The fraction of sp³-hybridized carbons (Fsp3) is 0.364. The summed E-state index contributed by atoms with van der Waals surface area (Å²) in [4.78, 5) is 23.4. The maximum absolute atomic E-state index is 11.0. The Labute approximate surface area is 103 Å². The van der Waals surface area contributed by atoms with E-state index in [1.807, 2.05) is 4.90 Å². The highest BCUT2D eigenvalue weighted by Crippen LogP contribution is 2.24. The molecule has 0 radical (unpaired) electrons. The van der Waals surface area contributed by atoms with Crippen LogP contribution in [0.4, 0.5) is 11.4 Å². The van der Waals surface area contributed by atoms with E-state index in [1.54, 1.807) is 0 Å². The Kier molecular flexibility index (Phi) is 3.42. The maximum Gasteiger partial charge on any atom is 0.336 e. The number of ether oxygens (including phenoxy) is 1. The molecule has 1 aliphatic rings. The van der Waals surface area contributed by atoms with Crippen LogP contribution < -0.4 is 4.90 Å². The van der Waals surface area contributed by atoms with Crippen LogP contribution in [0.2, 0.25) is 0 Å². The summed E-state index contributed by atoms with van der Waals surface area (Å²) in [5, 5.41) is 17.9. The van der Waals surface area contributed by atoms with Crippen molar-refractivity contribution in [3.63, 3.8) is 0 Å².